The lowest BCUT2D eigenvalue weighted by Crippen LogP contribution is -2.33. The Labute approximate surface area is 244 Å². The van der Waals surface area contributed by atoms with Crippen LogP contribution in [0.25, 0.3) is 0 Å². The van der Waals surface area contributed by atoms with Gasteiger partial charge in [-0.05, 0) is 42.0 Å². The van der Waals surface area contributed by atoms with E-state index in [0.717, 1.165) is 35.2 Å². The number of thioether (sulfide) groups is 1. The number of phenolic OH excluding ortho intramolecular Hbond substituents is 1. The van der Waals surface area contributed by atoms with Crippen molar-refractivity contribution in [1.82, 2.24) is 4.57 Å². The molecule has 6 rings (SSSR count). The van der Waals surface area contributed by atoms with E-state index >= 15 is 0 Å². The third-order valence-electron chi connectivity index (χ3n) is 7.11. The maximum absolute atomic E-state index is 13.9. The van der Waals surface area contributed by atoms with Crippen LogP contribution in [0.2, 0.25) is 0 Å². The van der Waals surface area contributed by atoms with Crippen LogP contribution in [0.1, 0.15) is 21.9 Å². The molecule has 0 aliphatic carbocycles. The number of carbonyl (C=O) groups is 3. The highest BCUT2D eigenvalue weighted by Gasteiger charge is 2.57. The molecule has 0 radical (unpaired) electrons. The number of imide groups is 1. The first-order chi connectivity index (χ1) is 20.0. The standard InChI is InChI=1S/C29H20F3N3O5S2/c30-29(31,32)18-8-4-5-9-19(18)35-25(38)22-21(15-6-2-1-3-7-15)24-27(41-23(22)26(35)39)34(28(40)42-24)14-20(37)33-16-10-12-17(36)13-11-16/h1-13,21-23,36H,14H2,(H,33,37)/t21-,22?,23?/m1/s1. The normalized spacial score (nSPS) is 19.9. The Balaban J connectivity index is 1.41. The number of aromatic hydroxyl groups is 1. The molecule has 1 saturated heterocycles. The van der Waals surface area contributed by atoms with Crippen LogP contribution >= 0.6 is 23.1 Å². The fourth-order valence-corrected chi connectivity index (χ4v) is 8.08. The smallest absolute Gasteiger partial charge is 0.418 e. The number of anilines is 2. The number of benzene rings is 3. The molecule has 3 heterocycles. The Morgan fingerprint density at radius 2 is 1.57 bits per heavy atom. The number of hydrogen-bond donors (Lipinski definition) is 2. The summed E-state index contributed by atoms with van der Waals surface area (Å²) in [5, 5.41) is 11.3. The molecule has 1 fully saturated rings. The van der Waals surface area contributed by atoms with E-state index in [2.05, 4.69) is 5.32 Å². The molecule has 1 aromatic heterocycles. The highest BCUT2D eigenvalue weighted by atomic mass is 32.2. The second kappa shape index (κ2) is 10.5. The van der Waals surface area contributed by atoms with E-state index in [1.165, 1.54) is 41.0 Å². The summed E-state index contributed by atoms with van der Waals surface area (Å²) >= 11 is 1.75. The van der Waals surface area contributed by atoms with Gasteiger partial charge in [0.15, 0.2) is 0 Å². The summed E-state index contributed by atoms with van der Waals surface area (Å²) in [5.74, 6) is -4.01. The average molecular weight is 612 g/mol. The predicted octanol–water partition coefficient (Wildman–Crippen LogP) is 5.07. The summed E-state index contributed by atoms with van der Waals surface area (Å²) in [5.41, 5.74) is -0.650. The number of halogens is 3. The molecule has 3 amide bonds. The molecule has 0 saturated carbocycles. The first-order valence-corrected chi connectivity index (χ1v) is 14.3. The Bertz CT molecular complexity index is 1770. The van der Waals surface area contributed by atoms with E-state index in [4.69, 9.17) is 0 Å². The lowest BCUT2D eigenvalue weighted by atomic mass is 9.83. The summed E-state index contributed by atoms with van der Waals surface area (Å²) in [6, 6.07) is 18.9. The summed E-state index contributed by atoms with van der Waals surface area (Å²) in [7, 11) is 0. The van der Waals surface area contributed by atoms with Crippen molar-refractivity contribution >= 4 is 52.2 Å². The van der Waals surface area contributed by atoms with Crippen LogP contribution in [0.4, 0.5) is 24.5 Å². The van der Waals surface area contributed by atoms with E-state index in [1.54, 1.807) is 30.3 Å². The van der Waals surface area contributed by atoms with E-state index in [1.807, 2.05) is 0 Å². The minimum absolute atomic E-state index is 0.0108. The molecule has 42 heavy (non-hydrogen) atoms. The van der Waals surface area contributed by atoms with Gasteiger partial charge in [-0.1, -0.05) is 65.6 Å². The number of para-hydroxylation sites is 1. The van der Waals surface area contributed by atoms with Gasteiger partial charge in [-0.2, -0.15) is 13.2 Å². The number of thiazole rings is 1. The zero-order chi connectivity index (χ0) is 29.8. The number of hydrogen-bond acceptors (Lipinski definition) is 7. The van der Waals surface area contributed by atoms with Crippen molar-refractivity contribution in [2.75, 3.05) is 10.2 Å². The van der Waals surface area contributed by atoms with Gasteiger partial charge in [0.05, 0.1) is 22.2 Å². The highest BCUT2D eigenvalue weighted by molar-refractivity contribution is 8.00. The number of rotatable bonds is 5. The molecule has 0 spiro atoms. The Morgan fingerprint density at radius 1 is 0.905 bits per heavy atom. The third kappa shape index (κ3) is 4.77. The lowest BCUT2D eigenvalue weighted by molar-refractivity contribution is -0.137. The number of carbonyl (C=O) groups excluding carboxylic acids is 3. The van der Waals surface area contributed by atoms with Gasteiger partial charge in [-0.25, -0.2) is 4.90 Å². The Kier molecular flexibility index (Phi) is 6.93. The molecular formula is C29H20F3N3O5S2. The van der Waals surface area contributed by atoms with Gasteiger partial charge < -0.3 is 10.4 Å². The van der Waals surface area contributed by atoms with Crippen molar-refractivity contribution in [3.05, 3.63) is 105 Å². The molecule has 214 valence electrons. The summed E-state index contributed by atoms with van der Waals surface area (Å²) in [6.45, 7) is -0.403. The minimum Gasteiger partial charge on any atom is -0.508 e. The van der Waals surface area contributed by atoms with Gasteiger partial charge in [0.2, 0.25) is 17.7 Å². The third-order valence-corrected chi connectivity index (χ3v) is 9.71. The Hall–Kier alpha value is -4.36. The number of nitrogens with zero attached hydrogens (tertiary/aromatic N) is 2. The lowest BCUT2D eigenvalue weighted by Gasteiger charge is -2.30. The highest BCUT2D eigenvalue weighted by Crippen LogP contribution is 2.54. The number of amides is 3. The van der Waals surface area contributed by atoms with Crippen LogP contribution in [0.3, 0.4) is 0 Å². The van der Waals surface area contributed by atoms with Crippen LogP contribution in [0.5, 0.6) is 5.75 Å². The van der Waals surface area contributed by atoms with E-state index in [0.29, 0.717) is 26.1 Å². The van der Waals surface area contributed by atoms with Gasteiger partial charge in [0.25, 0.3) is 0 Å². The van der Waals surface area contributed by atoms with Gasteiger partial charge >= 0.3 is 11.0 Å². The first kappa shape index (κ1) is 27.8. The molecule has 13 heteroatoms. The fourth-order valence-electron chi connectivity index (χ4n) is 5.31. The number of phenols is 1. The van der Waals surface area contributed by atoms with Crippen LogP contribution < -0.4 is 15.1 Å². The van der Waals surface area contributed by atoms with E-state index < -0.39 is 63.7 Å². The van der Waals surface area contributed by atoms with Crippen molar-refractivity contribution in [3.63, 3.8) is 0 Å². The molecule has 2 aliphatic rings. The molecule has 2 N–H and O–H groups in total. The number of nitrogens with one attached hydrogen (secondary N) is 1. The number of alkyl halides is 3. The molecule has 4 aromatic rings. The summed E-state index contributed by atoms with van der Waals surface area (Å²) < 4.78 is 42.9. The fraction of sp³-hybridized carbons (Fsp3) is 0.172. The summed E-state index contributed by atoms with van der Waals surface area (Å²) in [6.07, 6.45) is -4.80. The van der Waals surface area contributed by atoms with Crippen molar-refractivity contribution < 1.29 is 32.7 Å². The van der Waals surface area contributed by atoms with E-state index in [-0.39, 0.29) is 5.75 Å². The number of fused-ring (bicyclic) bond motifs is 2. The van der Waals surface area contributed by atoms with Gasteiger partial charge in [0.1, 0.15) is 17.5 Å². The number of aromatic nitrogens is 1. The van der Waals surface area contributed by atoms with Gasteiger partial charge in [-0.15, -0.1) is 0 Å². The molecule has 2 aliphatic heterocycles. The topological polar surface area (TPSA) is 109 Å². The van der Waals surface area contributed by atoms with Crippen molar-refractivity contribution in [1.29, 1.82) is 0 Å². The molecule has 8 nitrogen and oxygen atoms in total. The molecule has 3 atom stereocenters. The van der Waals surface area contributed by atoms with Gasteiger partial charge in [-0.3, -0.25) is 23.7 Å². The molecule has 3 aromatic carbocycles. The largest absolute Gasteiger partial charge is 0.508 e. The second-order valence-electron chi connectivity index (χ2n) is 9.70. The quantitative estimate of drug-likeness (QED) is 0.241. The monoisotopic (exact) mass is 611 g/mol. The zero-order valence-electron chi connectivity index (χ0n) is 21.4. The van der Waals surface area contributed by atoms with E-state index in [9.17, 15) is 37.5 Å². The maximum atomic E-state index is 13.9. The van der Waals surface area contributed by atoms with Crippen molar-refractivity contribution in [2.24, 2.45) is 5.92 Å². The average Bonchev–Trinajstić information content (AvgIpc) is 3.40. The SMILES string of the molecule is O=C(Cn1c2c(sc1=O)[C@H](c1ccccc1)C1C(=O)N(c3ccccc3C(F)(F)F)C(=O)C1S2)Nc1ccc(O)cc1. The predicted molar refractivity (Wildman–Crippen MR) is 151 cm³/mol. The Morgan fingerprint density at radius 3 is 2.26 bits per heavy atom. The van der Waals surface area contributed by atoms with Gasteiger partial charge in [0, 0.05) is 16.5 Å². The zero-order valence-corrected chi connectivity index (χ0v) is 23.0. The molecule has 0 bridgehead atoms. The summed E-state index contributed by atoms with van der Waals surface area (Å²) in [4.78, 5) is 54.3. The van der Waals surface area contributed by atoms with Crippen LogP contribution in [-0.2, 0) is 27.1 Å². The minimum atomic E-state index is -4.80. The maximum Gasteiger partial charge on any atom is 0.418 e. The van der Waals surface area contributed by atoms with Crippen molar-refractivity contribution in [2.45, 2.75) is 28.9 Å². The van der Waals surface area contributed by atoms with Crippen LogP contribution in [-0.4, -0.2) is 32.6 Å². The molecule has 2 unspecified atom stereocenters. The van der Waals surface area contributed by atoms with Crippen LogP contribution in [0.15, 0.2) is 88.7 Å². The second-order valence-corrected chi connectivity index (χ2v) is 11.8. The van der Waals surface area contributed by atoms with Crippen molar-refractivity contribution in [3.8, 4) is 5.75 Å². The first-order valence-electron chi connectivity index (χ1n) is 12.6. The van der Waals surface area contributed by atoms with Crippen LogP contribution in [0, 0.1) is 5.92 Å². The molecular weight excluding hydrogens is 591 g/mol.